The normalized spacial score (nSPS) is 17.5. The lowest BCUT2D eigenvalue weighted by Crippen LogP contribution is -2.27. The molecule has 1 rings (SSSR count). The van der Waals surface area contributed by atoms with Crippen LogP contribution < -0.4 is 0 Å². The molecule has 1 nitrogen and oxygen atoms in total. The van der Waals surface area contributed by atoms with Crippen LogP contribution >= 0.6 is 11.6 Å². The van der Waals surface area contributed by atoms with Gasteiger partial charge in [-0.05, 0) is 25.8 Å². The van der Waals surface area contributed by atoms with Gasteiger partial charge in [-0.1, -0.05) is 25.5 Å². The van der Waals surface area contributed by atoms with Crippen molar-refractivity contribution in [2.45, 2.75) is 38.6 Å². The Morgan fingerprint density at radius 1 is 1.38 bits per heavy atom. The molecule has 13 heavy (non-hydrogen) atoms. The molecule has 0 radical (unpaired) electrons. The van der Waals surface area contributed by atoms with Gasteiger partial charge in [-0.25, -0.2) is 0 Å². The van der Waals surface area contributed by atoms with E-state index in [1.54, 1.807) is 0 Å². The molecule has 1 saturated carbocycles. The van der Waals surface area contributed by atoms with E-state index in [4.69, 9.17) is 11.6 Å². The fourth-order valence-corrected chi connectivity index (χ4v) is 1.62. The molecule has 0 spiro atoms. The van der Waals surface area contributed by atoms with E-state index < -0.39 is 0 Å². The minimum absolute atomic E-state index is 0.645. The van der Waals surface area contributed by atoms with Crippen molar-refractivity contribution in [1.29, 1.82) is 0 Å². The maximum absolute atomic E-state index is 5.58. The van der Waals surface area contributed by atoms with Crippen LogP contribution in [0.1, 0.15) is 32.6 Å². The third-order valence-corrected chi connectivity index (χ3v) is 2.64. The summed E-state index contributed by atoms with van der Waals surface area (Å²) in [6.45, 7) is 4.60. The van der Waals surface area contributed by atoms with E-state index in [1.165, 1.54) is 32.2 Å². The number of alkyl halides is 1. The van der Waals surface area contributed by atoms with Crippen molar-refractivity contribution in [1.82, 2.24) is 4.90 Å². The van der Waals surface area contributed by atoms with Crippen molar-refractivity contribution >= 4 is 11.6 Å². The van der Waals surface area contributed by atoms with E-state index in [1.807, 2.05) is 6.08 Å². The Kier molecular flexibility index (Phi) is 5.49. The molecular weight excluding hydrogens is 182 g/mol. The number of hydrogen-bond acceptors (Lipinski definition) is 1. The van der Waals surface area contributed by atoms with Crippen LogP contribution in [0.4, 0.5) is 0 Å². The molecule has 1 aliphatic rings. The quantitative estimate of drug-likeness (QED) is 0.452. The zero-order valence-electron chi connectivity index (χ0n) is 8.51. The summed E-state index contributed by atoms with van der Waals surface area (Å²) in [7, 11) is 0. The first-order chi connectivity index (χ1) is 6.38. The Labute approximate surface area is 86.8 Å². The first-order valence-electron chi connectivity index (χ1n) is 5.33. The Morgan fingerprint density at radius 3 is 2.69 bits per heavy atom. The van der Waals surface area contributed by atoms with Crippen molar-refractivity contribution in [2.24, 2.45) is 0 Å². The molecule has 0 N–H and O–H groups in total. The average molecular weight is 202 g/mol. The molecule has 1 aliphatic carbocycles. The van der Waals surface area contributed by atoms with Gasteiger partial charge in [0.25, 0.3) is 0 Å². The van der Waals surface area contributed by atoms with Crippen molar-refractivity contribution in [2.75, 3.05) is 19.0 Å². The number of allylic oxidation sites excluding steroid dienone is 1. The van der Waals surface area contributed by atoms with Crippen LogP contribution in [0.25, 0.3) is 0 Å². The predicted molar refractivity (Wildman–Crippen MR) is 59.4 cm³/mol. The second-order valence-electron chi connectivity index (χ2n) is 3.71. The summed E-state index contributed by atoms with van der Waals surface area (Å²) in [4.78, 5) is 2.58. The van der Waals surface area contributed by atoms with Crippen LogP contribution in [0.3, 0.4) is 0 Å². The predicted octanol–water partition coefficient (Wildman–Crippen LogP) is 3.05. The van der Waals surface area contributed by atoms with E-state index in [2.05, 4.69) is 17.9 Å². The molecule has 0 aliphatic heterocycles. The minimum atomic E-state index is 0.645. The summed E-state index contributed by atoms with van der Waals surface area (Å²) in [5.41, 5.74) is 0. The highest BCUT2D eigenvalue weighted by Gasteiger charge is 2.27. The summed E-state index contributed by atoms with van der Waals surface area (Å²) >= 11 is 5.58. The smallest absolute Gasteiger partial charge is 0.0404 e. The molecule has 0 aromatic rings. The number of nitrogens with zero attached hydrogens (tertiary/aromatic N) is 1. The summed E-state index contributed by atoms with van der Waals surface area (Å²) in [5, 5.41) is 0. The topological polar surface area (TPSA) is 3.24 Å². The van der Waals surface area contributed by atoms with Crippen LogP contribution in [0.15, 0.2) is 12.2 Å². The first-order valence-corrected chi connectivity index (χ1v) is 5.87. The highest BCUT2D eigenvalue weighted by atomic mass is 35.5. The van der Waals surface area contributed by atoms with E-state index in [9.17, 15) is 0 Å². The molecule has 2 heteroatoms. The Balaban J connectivity index is 2.17. The van der Waals surface area contributed by atoms with Crippen molar-refractivity contribution in [3.05, 3.63) is 12.2 Å². The number of rotatable bonds is 7. The largest absolute Gasteiger partial charge is 0.297 e. The van der Waals surface area contributed by atoms with Crippen molar-refractivity contribution < 1.29 is 0 Å². The Bertz CT molecular complexity index is 152. The summed E-state index contributed by atoms with van der Waals surface area (Å²) in [6, 6.07) is 0.881. The maximum atomic E-state index is 5.58. The van der Waals surface area contributed by atoms with E-state index in [0.717, 1.165) is 12.6 Å². The van der Waals surface area contributed by atoms with Gasteiger partial charge in [0.05, 0.1) is 0 Å². The lowest BCUT2D eigenvalue weighted by molar-refractivity contribution is 0.287. The van der Waals surface area contributed by atoms with Crippen LogP contribution in [0.5, 0.6) is 0 Å². The van der Waals surface area contributed by atoms with Gasteiger partial charge in [-0.15, -0.1) is 11.6 Å². The zero-order chi connectivity index (χ0) is 9.52. The third kappa shape index (κ3) is 4.68. The van der Waals surface area contributed by atoms with Crippen molar-refractivity contribution in [3.63, 3.8) is 0 Å². The van der Waals surface area contributed by atoms with Gasteiger partial charge >= 0.3 is 0 Å². The van der Waals surface area contributed by atoms with Gasteiger partial charge in [-0.3, -0.25) is 4.90 Å². The maximum Gasteiger partial charge on any atom is 0.0404 e. The molecule has 0 aromatic heterocycles. The van der Waals surface area contributed by atoms with Crippen LogP contribution in [-0.4, -0.2) is 29.9 Å². The fraction of sp³-hybridized carbons (Fsp3) is 0.818. The highest BCUT2D eigenvalue weighted by molar-refractivity contribution is 6.18. The average Bonchev–Trinajstić information content (AvgIpc) is 2.94. The molecule has 0 atom stereocenters. The lowest BCUT2D eigenvalue weighted by Gasteiger charge is -2.19. The molecular formula is C11H20ClN. The van der Waals surface area contributed by atoms with Crippen LogP contribution in [0, 0.1) is 0 Å². The van der Waals surface area contributed by atoms with Gasteiger partial charge in [0.2, 0.25) is 0 Å². The Morgan fingerprint density at radius 2 is 2.15 bits per heavy atom. The molecule has 0 heterocycles. The second-order valence-corrected chi connectivity index (χ2v) is 4.01. The van der Waals surface area contributed by atoms with Crippen molar-refractivity contribution in [3.8, 4) is 0 Å². The molecule has 76 valence electrons. The first kappa shape index (κ1) is 11.1. The standard InChI is InChI=1S/C11H20ClN/c1-2-3-9-13(11-6-7-11)10-5-4-8-12/h4-5,11H,2-3,6-10H2,1H3. The number of hydrogen-bond donors (Lipinski definition) is 0. The molecule has 1 fully saturated rings. The van der Waals surface area contributed by atoms with Gasteiger partial charge < -0.3 is 0 Å². The van der Waals surface area contributed by atoms with E-state index in [0.29, 0.717) is 5.88 Å². The van der Waals surface area contributed by atoms with Gasteiger partial charge in [0.1, 0.15) is 0 Å². The molecule has 0 unspecified atom stereocenters. The SMILES string of the molecule is CCCCN(CC=CCCl)C1CC1. The highest BCUT2D eigenvalue weighted by Crippen LogP contribution is 2.26. The summed E-state index contributed by atoms with van der Waals surface area (Å²) in [5.74, 6) is 0.645. The van der Waals surface area contributed by atoms with Gasteiger partial charge in [-0.2, -0.15) is 0 Å². The molecule has 0 aromatic carbocycles. The number of halogens is 1. The second kappa shape index (κ2) is 6.44. The summed E-state index contributed by atoms with van der Waals surface area (Å²) < 4.78 is 0. The molecule has 0 amide bonds. The minimum Gasteiger partial charge on any atom is -0.297 e. The van der Waals surface area contributed by atoms with E-state index >= 15 is 0 Å². The van der Waals surface area contributed by atoms with Crippen LogP contribution in [-0.2, 0) is 0 Å². The zero-order valence-corrected chi connectivity index (χ0v) is 9.26. The summed E-state index contributed by atoms with van der Waals surface area (Å²) in [6.07, 6.45) is 9.66. The number of unbranched alkanes of at least 4 members (excludes halogenated alkanes) is 1. The monoisotopic (exact) mass is 201 g/mol. The lowest BCUT2D eigenvalue weighted by atomic mass is 10.3. The fourth-order valence-electron chi connectivity index (χ4n) is 1.50. The van der Waals surface area contributed by atoms with E-state index in [-0.39, 0.29) is 0 Å². The third-order valence-electron chi connectivity index (χ3n) is 2.46. The van der Waals surface area contributed by atoms with Gasteiger partial charge in [0.15, 0.2) is 0 Å². The van der Waals surface area contributed by atoms with Crippen LogP contribution in [0.2, 0.25) is 0 Å². The Hall–Kier alpha value is -0.0100. The van der Waals surface area contributed by atoms with Gasteiger partial charge in [0, 0.05) is 18.5 Å². The molecule has 0 saturated heterocycles. The molecule has 0 bridgehead atoms.